The maximum Gasteiger partial charge on any atom is 0.166 e. The molecule has 0 bridgehead atoms. The van der Waals surface area contributed by atoms with E-state index in [4.69, 9.17) is 4.74 Å². The van der Waals surface area contributed by atoms with Crippen molar-refractivity contribution in [1.82, 2.24) is 0 Å². The first-order chi connectivity index (χ1) is 7.75. The molecule has 1 aromatic carbocycles. The third kappa shape index (κ3) is 3.06. The molecule has 1 aliphatic rings. The fourth-order valence-corrected chi connectivity index (χ4v) is 2.51. The van der Waals surface area contributed by atoms with Gasteiger partial charge in [0.15, 0.2) is 5.78 Å². The van der Waals surface area contributed by atoms with Gasteiger partial charge in [0, 0.05) is 17.9 Å². The number of ketones is 1. The van der Waals surface area contributed by atoms with Gasteiger partial charge in [-0.25, -0.2) is 4.39 Å². The quantitative estimate of drug-likeness (QED) is 0.809. The number of rotatable bonds is 3. The Hall–Kier alpha value is -0.870. The van der Waals surface area contributed by atoms with Gasteiger partial charge in [-0.05, 0) is 17.7 Å². The zero-order valence-corrected chi connectivity index (χ0v) is 9.63. The summed E-state index contributed by atoms with van der Waals surface area (Å²) >= 11 is 1.73. The monoisotopic (exact) mass is 240 g/mol. The van der Waals surface area contributed by atoms with Crippen LogP contribution in [-0.2, 0) is 16.0 Å². The van der Waals surface area contributed by atoms with Crippen LogP contribution < -0.4 is 0 Å². The van der Waals surface area contributed by atoms with E-state index < -0.39 is 0 Å². The van der Waals surface area contributed by atoms with Gasteiger partial charge in [-0.1, -0.05) is 12.1 Å². The molecular formula is C12H13FO2S. The van der Waals surface area contributed by atoms with Gasteiger partial charge < -0.3 is 4.74 Å². The van der Waals surface area contributed by atoms with Crippen LogP contribution >= 0.6 is 11.8 Å². The molecular weight excluding hydrogens is 227 g/mol. The minimum atomic E-state index is -0.318. The molecule has 1 fully saturated rings. The number of hydrogen-bond acceptors (Lipinski definition) is 3. The smallest absolute Gasteiger partial charge is 0.166 e. The Morgan fingerprint density at radius 1 is 1.56 bits per heavy atom. The second kappa shape index (κ2) is 5.46. The molecule has 2 nitrogen and oxygen atoms in total. The molecule has 86 valence electrons. The van der Waals surface area contributed by atoms with Crippen LogP contribution in [0.15, 0.2) is 24.3 Å². The second-order valence-electron chi connectivity index (χ2n) is 3.71. The molecule has 0 radical (unpaired) electrons. The molecule has 1 aliphatic heterocycles. The van der Waals surface area contributed by atoms with E-state index in [1.54, 1.807) is 23.9 Å². The Bertz CT molecular complexity index is 375. The first-order valence-electron chi connectivity index (χ1n) is 5.22. The number of thioether (sulfide) groups is 1. The summed E-state index contributed by atoms with van der Waals surface area (Å²) in [6, 6.07) is 6.15. The fourth-order valence-electron chi connectivity index (χ4n) is 1.64. The number of carbonyl (C=O) groups excluding carboxylic acids is 1. The maximum absolute atomic E-state index is 12.9. The van der Waals surface area contributed by atoms with E-state index in [2.05, 4.69) is 0 Å². The van der Waals surface area contributed by atoms with Crippen molar-refractivity contribution < 1.29 is 13.9 Å². The van der Waals surface area contributed by atoms with E-state index in [0.29, 0.717) is 17.9 Å². The zero-order chi connectivity index (χ0) is 11.4. The number of Topliss-reactive ketones (excluding diaryl/α,β-unsaturated/α-hetero) is 1. The highest BCUT2D eigenvalue weighted by Gasteiger charge is 2.22. The standard InChI is InChI=1S/C12H13FO2S/c13-10-3-1-2-9(6-10)7-11(14)12-8-16-5-4-15-12/h1-3,6,12H,4-5,7-8H2. The van der Waals surface area contributed by atoms with Crippen LogP contribution in [0, 0.1) is 5.82 Å². The lowest BCUT2D eigenvalue weighted by Crippen LogP contribution is -2.32. The number of halogens is 1. The molecule has 1 aromatic rings. The highest BCUT2D eigenvalue weighted by atomic mass is 32.2. The van der Waals surface area contributed by atoms with Gasteiger partial charge >= 0.3 is 0 Å². The van der Waals surface area contributed by atoms with E-state index in [0.717, 1.165) is 5.75 Å². The second-order valence-corrected chi connectivity index (χ2v) is 4.86. The molecule has 4 heteroatoms. The first-order valence-corrected chi connectivity index (χ1v) is 6.37. The maximum atomic E-state index is 12.9. The molecule has 1 heterocycles. The molecule has 0 aromatic heterocycles. The largest absolute Gasteiger partial charge is 0.369 e. The SMILES string of the molecule is O=C(Cc1cccc(F)c1)C1CSCCO1. The van der Waals surface area contributed by atoms with Gasteiger partial charge in [-0.3, -0.25) is 4.79 Å². The van der Waals surface area contributed by atoms with Gasteiger partial charge in [0.1, 0.15) is 11.9 Å². The zero-order valence-electron chi connectivity index (χ0n) is 8.82. The first kappa shape index (κ1) is 11.6. The van der Waals surface area contributed by atoms with Crippen LogP contribution in [0.3, 0.4) is 0 Å². The molecule has 1 atom stereocenters. The van der Waals surface area contributed by atoms with Crippen LogP contribution in [0.1, 0.15) is 5.56 Å². The summed E-state index contributed by atoms with van der Waals surface area (Å²) in [5.41, 5.74) is 0.712. The van der Waals surface area contributed by atoms with Gasteiger partial charge in [0.2, 0.25) is 0 Å². The van der Waals surface area contributed by atoms with E-state index in [1.807, 2.05) is 0 Å². The van der Waals surface area contributed by atoms with E-state index in [9.17, 15) is 9.18 Å². The normalized spacial score (nSPS) is 20.7. The summed E-state index contributed by atoms with van der Waals surface area (Å²) < 4.78 is 18.3. The average Bonchev–Trinajstić information content (AvgIpc) is 2.30. The van der Waals surface area contributed by atoms with Crippen molar-refractivity contribution in [2.24, 2.45) is 0 Å². The van der Waals surface area contributed by atoms with Gasteiger partial charge in [0.25, 0.3) is 0 Å². The van der Waals surface area contributed by atoms with Crippen LogP contribution in [-0.4, -0.2) is 30.0 Å². The minimum absolute atomic E-state index is 0.0396. The van der Waals surface area contributed by atoms with E-state index >= 15 is 0 Å². The summed E-state index contributed by atoms with van der Waals surface area (Å²) in [4.78, 5) is 11.8. The molecule has 0 amide bonds. The molecule has 0 N–H and O–H groups in total. The molecule has 0 spiro atoms. The van der Waals surface area contributed by atoms with Crippen molar-refractivity contribution in [2.45, 2.75) is 12.5 Å². The summed E-state index contributed by atoms with van der Waals surface area (Å²) in [7, 11) is 0. The Labute approximate surface area is 98.2 Å². The van der Waals surface area contributed by atoms with Gasteiger partial charge in [0.05, 0.1) is 6.61 Å². The third-order valence-electron chi connectivity index (χ3n) is 2.44. The number of carbonyl (C=O) groups is 1. The van der Waals surface area contributed by atoms with Crippen LogP contribution in [0.4, 0.5) is 4.39 Å². The van der Waals surface area contributed by atoms with E-state index in [1.165, 1.54) is 12.1 Å². The predicted octanol–water partition coefficient (Wildman–Crippen LogP) is 2.07. The molecule has 0 aliphatic carbocycles. The van der Waals surface area contributed by atoms with Crippen LogP contribution in [0.25, 0.3) is 0 Å². The fraction of sp³-hybridized carbons (Fsp3) is 0.417. The molecule has 0 saturated carbocycles. The molecule has 1 unspecified atom stereocenters. The number of ether oxygens (including phenoxy) is 1. The third-order valence-corrected chi connectivity index (χ3v) is 3.44. The lowest BCUT2D eigenvalue weighted by molar-refractivity contribution is -0.128. The van der Waals surface area contributed by atoms with Crippen molar-refractivity contribution in [2.75, 3.05) is 18.1 Å². The van der Waals surface area contributed by atoms with Crippen molar-refractivity contribution in [1.29, 1.82) is 0 Å². The predicted molar refractivity (Wildman–Crippen MR) is 62.2 cm³/mol. The summed E-state index contributed by atoms with van der Waals surface area (Å²) in [6.07, 6.45) is -0.0646. The summed E-state index contributed by atoms with van der Waals surface area (Å²) in [5.74, 6) is 1.40. The van der Waals surface area contributed by atoms with Crippen LogP contribution in [0.5, 0.6) is 0 Å². The lowest BCUT2D eigenvalue weighted by Gasteiger charge is -2.20. The van der Waals surface area contributed by atoms with Gasteiger partial charge in [-0.15, -0.1) is 0 Å². The van der Waals surface area contributed by atoms with Crippen molar-refractivity contribution in [3.63, 3.8) is 0 Å². The Balaban J connectivity index is 1.96. The topological polar surface area (TPSA) is 26.3 Å². The van der Waals surface area contributed by atoms with Crippen LogP contribution in [0.2, 0.25) is 0 Å². The Morgan fingerprint density at radius 2 is 2.44 bits per heavy atom. The van der Waals surface area contributed by atoms with Crippen molar-refractivity contribution in [3.8, 4) is 0 Å². The summed E-state index contributed by atoms with van der Waals surface area (Å²) in [5, 5.41) is 0. The minimum Gasteiger partial charge on any atom is -0.369 e. The Kier molecular flexibility index (Phi) is 3.96. The molecule has 1 saturated heterocycles. The Morgan fingerprint density at radius 3 is 3.12 bits per heavy atom. The highest BCUT2D eigenvalue weighted by molar-refractivity contribution is 7.99. The number of benzene rings is 1. The van der Waals surface area contributed by atoms with Crippen molar-refractivity contribution in [3.05, 3.63) is 35.6 Å². The van der Waals surface area contributed by atoms with Crippen molar-refractivity contribution >= 4 is 17.5 Å². The lowest BCUT2D eigenvalue weighted by atomic mass is 10.1. The number of hydrogen-bond donors (Lipinski definition) is 0. The van der Waals surface area contributed by atoms with Gasteiger partial charge in [-0.2, -0.15) is 11.8 Å². The average molecular weight is 240 g/mol. The van der Waals surface area contributed by atoms with E-state index in [-0.39, 0.29) is 24.1 Å². The molecule has 16 heavy (non-hydrogen) atoms. The highest BCUT2D eigenvalue weighted by Crippen LogP contribution is 2.15. The summed E-state index contributed by atoms with van der Waals surface area (Å²) in [6.45, 7) is 0.629. The molecule has 2 rings (SSSR count).